The third-order valence-electron chi connectivity index (χ3n) is 6.84. The SMILES string of the molecule is CCNC(=O)N[C@H]1CC[C@H](CCN2CCC(Cc3cc(OC)ccc3Br)CC2)CC1. The summed E-state index contributed by atoms with van der Waals surface area (Å²) in [5, 5.41) is 5.94. The van der Waals surface area contributed by atoms with Gasteiger partial charge >= 0.3 is 6.03 Å². The lowest BCUT2D eigenvalue weighted by Gasteiger charge is -2.34. The van der Waals surface area contributed by atoms with Gasteiger partial charge in [-0.15, -0.1) is 0 Å². The first kappa shape index (κ1) is 23.4. The molecule has 1 aliphatic carbocycles. The van der Waals surface area contributed by atoms with Crippen molar-refractivity contribution in [1.82, 2.24) is 15.5 Å². The first-order chi connectivity index (χ1) is 14.6. The molecule has 0 atom stereocenters. The summed E-state index contributed by atoms with van der Waals surface area (Å²) in [4.78, 5) is 14.3. The monoisotopic (exact) mass is 479 g/mol. The Morgan fingerprint density at radius 2 is 1.87 bits per heavy atom. The van der Waals surface area contributed by atoms with E-state index in [9.17, 15) is 4.79 Å². The van der Waals surface area contributed by atoms with Gasteiger partial charge in [0.05, 0.1) is 7.11 Å². The number of methoxy groups -OCH3 is 1. The summed E-state index contributed by atoms with van der Waals surface area (Å²) in [7, 11) is 1.73. The standard InChI is InChI=1S/C24H38BrN3O2/c1-3-26-24(29)27-21-6-4-18(5-7-21)10-13-28-14-11-19(12-15-28)16-20-17-22(30-2)8-9-23(20)25/h8-9,17-19,21H,3-7,10-16H2,1-2H3,(H2,26,27,29)/t18-,21-. The Morgan fingerprint density at radius 3 is 2.53 bits per heavy atom. The molecule has 2 amide bonds. The van der Waals surface area contributed by atoms with Crippen molar-refractivity contribution in [1.29, 1.82) is 0 Å². The molecule has 1 saturated heterocycles. The highest BCUT2D eigenvalue weighted by Gasteiger charge is 2.24. The molecule has 0 spiro atoms. The molecule has 0 bridgehead atoms. The van der Waals surface area contributed by atoms with Crippen LogP contribution in [0.5, 0.6) is 5.75 Å². The number of nitrogens with zero attached hydrogens (tertiary/aromatic N) is 1. The molecule has 1 heterocycles. The molecule has 1 aliphatic heterocycles. The van der Waals surface area contributed by atoms with Gasteiger partial charge in [0, 0.05) is 17.1 Å². The second kappa shape index (κ2) is 11.9. The topological polar surface area (TPSA) is 53.6 Å². The quantitative estimate of drug-likeness (QED) is 0.552. The van der Waals surface area contributed by atoms with Crippen LogP contribution in [0.2, 0.25) is 0 Å². The van der Waals surface area contributed by atoms with Crippen LogP contribution in [-0.2, 0) is 6.42 Å². The Kier molecular flexibility index (Phi) is 9.31. The molecular weight excluding hydrogens is 442 g/mol. The van der Waals surface area contributed by atoms with Crippen molar-refractivity contribution in [3.63, 3.8) is 0 Å². The molecule has 0 aromatic heterocycles. The van der Waals surface area contributed by atoms with E-state index in [0.29, 0.717) is 12.6 Å². The number of urea groups is 1. The van der Waals surface area contributed by atoms with E-state index in [2.05, 4.69) is 43.6 Å². The number of hydrogen-bond acceptors (Lipinski definition) is 3. The lowest BCUT2D eigenvalue weighted by molar-refractivity contribution is 0.163. The molecule has 2 N–H and O–H groups in total. The van der Waals surface area contributed by atoms with E-state index in [1.165, 1.54) is 61.8 Å². The third kappa shape index (κ3) is 7.16. The van der Waals surface area contributed by atoms with E-state index in [4.69, 9.17) is 4.74 Å². The number of carbonyl (C=O) groups is 1. The van der Waals surface area contributed by atoms with Gasteiger partial charge in [-0.2, -0.15) is 0 Å². The van der Waals surface area contributed by atoms with Gasteiger partial charge in [0.1, 0.15) is 5.75 Å². The van der Waals surface area contributed by atoms with Crippen LogP contribution in [0, 0.1) is 11.8 Å². The molecule has 168 valence electrons. The second-order valence-corrected chi connectivity index (χ2v) is 9.81. The Labute approximate surface area is 190 Å². The summed E-state index contributed by atoms with van der Waals surface area (Å²) >= 11 is 3.70. The highest BCUT2D eigenvalue weighted by Crippen LogP contribution is 2.30. The zero-order valence-corrected chi connectivity index (χ0v) is 20.2. The van der Waals surface area contributed by atoms with Gasteiger partial charge in [-0.25, -0.2) is 4.79 Å². The number of hydrogen-bond donors (Lipinski definition) is 2. The number of halogens is 1. The molecule has 1 aromatic carbocycles. The lowest BCUT2D eigenvalue weighted by atomic mass is 9.83. The fourth-order valence-corrected chi connectivity index (χ4v) is 5.33. The second-order valence-electron chi connectivity index (χ2n) is 8.96. The number of piperidine rings is 1. The van der Waals surface area contributed by atoms with Crippen molar-refractivity contribution in [2.75, 3.05) is 33.3 Å². The first-order valence-electron chi connectivity index (χ1n) is 11.7. The van der Waals surface area contributed by atoms with Crippen molar-refractivity contribution in [3.05, 3.63) is 28.2 Å². The molecular formula is C24H38BrN3O2. The lowest BCUT2D eigenvalue weighted by Crippen LogP contribution is -2.43. The normalized spacial score (nSPS) is 23.2. The molecule has 2 fully saturated rings. The van der Waals surface area contributed by atoms with E-state index in [1.54, 1.807) is 7.11 Å². The number of amides is 2. The van der Waals surface area contributed by atoms with E-state index in [1.807, 2.05) is 13.0 Å². The number of rotatable bonds is 8. The van der Waals surface area contributed by atoms with E-state index >= 15 is 0 Å². The van der Waals surface area contributed by atoms with Crippen LogP contribution >= 0.6 is 15.9 Å². The van der Waals surface area contributed by atoms with Gasteiger partial charge in [-0.05, 0) is 114 Å². The predicted octanol–water partition coefficient (Wildman–Crippen LogP) is 4.98. The van der Waals surface area contributed by atoms with Crippen molar-refractivity contribution in [2.24, 2.45) is 11.8 Å². The number of ether oxygens (including phenoxy) is 1. The average molecular weight is 480 g/mol. The Morgan fingerprint density at radius 1 is 1.13 bits per heavy atom. The van der Waals surface area contributed by atoms with Crippen LogP contribution in [0.15, 0.2) is 22.7 Å². The van der Waals surface area contributed by atoms with Crippen LogP contribution in [0.25, 0.3) is 0 Å². The highest BCUT2D eigenvalue weighted by atomic mass is 79.9. The number of benzene rings is 1. The van der Waals surface area contributed by atoms with Crippen molar-refractivity contribution >= 4 is 22.0 Å². The number of nitrogens with one attached hydrogen (secondary N) is 2. The van der Waals surface area contributed by atoms with Crippen LogP contribution in [0.3, 0.4) is 0 Å². The zero-order chi connectivity index (χ0) is 21.3. The Bertz CT molecular complexity index is 668. The fraction of sp³-hybridized carbons (Fsp3) is 0.708. The summed E-state index contributed by atoms with van der Waals surface area (Å²) in [6.45, 7) is 6.32. The molecule has 30 heavy (non-hydrogen) atoms. The Hall–Kier alpha value is -1.27. The molecule has 5 nitrogen and oxygen atoms in total. The molecule has 0 radical (unpaired) electrons. The smallest absolute Gasteiger partial charge is 0.314 e. The van der Waals surface area contributed by atoms with Gasteiger partial charge in [0.25, 0.3) is 0 Å². The molecule has 2 aliphatic rings. The first-order valence-corrected chi connectivity index (χ1v) is 12.5. The van der Waals surface area contributed by atoms with Crippen molar-refractivity contribution in [3.8, 4) is 5.75 Å². The highest BCUT2D eigenvalue weighted by molar-refractivity contribution is 9.10. The van der Waals surface area contributed by atoms with Crippen LogP contribution in [-0.4, -0.2) is 50.3 Å². The summed E-state index contributed by atoms with van der Waals surface area (Å²) in [6.07, 6.45) is 9.75. The summed E-state index contributed by atoms with van der Waals surface area (Å²) < 4.78 is 6.59. The largest absolute Gasteiger partial charge is 0.497 e. The Balaban J connectivity index is 1.32. The van der Waals surface area contributed by atoms with Crippen molar-refractivity contribution < 1.29 is 9.53 Å². The summed E-state index contributed by atoms with van der Waals surface area (Å²) in [5.74, 6) is 2.53. The molecule has 1 saturated carbocycles. The van der Waals surface area contributed by atoms with Gasteiger partial charge in [0.2, 0.25) is 0 Å². The van der Waals surface area contributed by atoms with Gasteiger partial charge < -0.3 is 20.3 Å². The fourth-order valence-electron chi connectivity index (χ4n) is 4.92. The molecule has 0 unspecified atom stereocenters. The zero-order valence-electron chi connectivity index (χ0n) is 18.6. The van der Waals surface area contributed by atoms with Crippen LogP contribution in [0.1, 0.15) is 57.4 Å². The molecule has 6 heteroatoms. The number of carbonyl (C=O) groups excluding carboxylic acids is 1. The van der Waals surface area contributed by atoms with E-state index < -0.39 is 0 Å². The third-order valence-corrected chi connectivity index (χ3v) is 7.62. The van der Waals surface area contributed by atoms with E-state index in [0.717, 1.165) is 36.8 Å². The minimum atomic E-state index is -0.00945. The van der Waals surface area contributed by atoms with Crippen LogP contribution < -0.4 is 15.4 Å². The maximum absolute atomic E-state index is 11.7. The maximum Gasteiger partial charge on any atom is 0.314 e. The van der Waals surface area contributed by atoms with Gasteiger partial charge in [-0.1, -0.05) is 15.9 Å². The minimum absolute atomic E-state index is 0.00945. The van der Waals surface area contributed by atoms with Gasteiger partial charge in [0.15, 0.2) is 0 Å². The predicted molar refractivity (Wildman–Crippen MR) is 126 cm³/mol. The summed E-state index contributed by atoms with van der Waals surface area (Å²) in [6, 6.07) is 6.64. The maximum atomic E-state index is 11.7. The van der Waals surface area contributed by atoms with E-state index in [-0.39, 0.29) is 6.03 Å². The minimum Gasteiger partial charge on any atom is -0.497 e. The molecule has 3 rings (SSSR count). The molecule has 1 aromatic rings. The number of likely N-dealkylation sites (tertiary alicyclic amines) is 1. The average Bonchev–Trinajstić information content (AvgIpc) is 2.76. The van der Waals surface area contributed by atoms with Crippen molar-refractivity contribution in [2.45, 2.75) is 64.3 Å². The summed E-state index contributed by atoms with van der Waals surface area (Å²) in [5.41, 5.74) is 1.37. The van der Waals surface area contributed by atoms with Gasteiger partial charge in [-0.3, -0.25) is 0 Å². The van der Waals surface area contributed by atoms with Crippen LogP contribution in [0.4, 0.5) is 4.79 Å².